The van der Waals surface area contributed by atoms with Crippen LogP contribution in [-0.2, 0) is 23.1 Å². The second-order valence-corrected chi connectivity index (χ2v) is 9.13. The molecule has 0 aliphatic carbocycles. The Morgan fingerprint density at radius 3 is 2.50 bits per heavy atom. The second kappa shape index (κ2) is 9.33. The highest BCUT2D eigenvalue weighted by Gasteiger charge is 2.18. The molecular formula is C24H24N4O3S. The molecule has 1 amide bonds. The van der Waals surface area contributed by atoms with Gasteiger partial charge in [0, 0.05) is 18.7 Å². The van der Waals surface area contributed by atoms with Gasteiger partial charge in [-0.15, -0.1) is 0 Å². The van der Waals surface area contributed by atoms with Crippen molar-refractivity contribution >= 4 is 32.9 Å². The van der Waals surface area contributed by atoms with Crippen molar-refractivity contribution in [1.29, 1.82) is 0 Å². The third kappa shape index (κ3) is 4.71. The van der Waals surface area contributed by atoms with Gasteiger partial charge in [-0.1, -0.05) is 55.5 Å². The number of nitrogens with zero attached hydrogens (tertiary/aromatic N) is 2. The first-order valence-electron chi connectivity index (χ1n) is 10.4. The van der Waals surface area contributed by atoms with Gasteiger partial charge in [0.2, 0.25) is 16.0 Å². The molecule has 0 aliphatic rings. The average Bonchev–Trinajstić information content (AvgIpc) is 3.16. The Hall–Kier alpha value is -3.49. The van der Waals surface area contributed by atoms with Gasteiger partial charge in [0.15, 0.2) is 0 Å². The number of para-hydroxylation sites is 2. The molecule has 32 heavy (non-hydrogen) atoms. The van der Waals surface area contributed by atoms with E-state index in [-0.39, 0.29) is 17.0 Å². The quantitative estimate of drug-likeness (QED) is 0.423. The summed E-state index contributed by atoms with van der Waals surface area (Å²) in [6.07, 6.45) is 0.879. The standard InChI is InChI=1S/C24H24N4O3S/c1-2-15-28-22-14-7-6-13-21(22)26-24(28)27-23(29)19-11-8-12-20(16-19)32(30,31)25-17-18-9-4-3-5-10-18/h3-14,16,25H,2,15,17H2,1H3,(H,26,27,29). The number of hydrogen-bond donors (Lipinski definition) is 2. The third-order valence-electron chi connectivity index (χ3n) is 5.04. The van der Waals surface area contributed by atoms with Gasteiger partial charge in [-0.25, -0.2) is 18.1 Å². The van der Waals surface area contributed by atoms with E-state index in [2.05, 4.69) is 21.9 Å². The summed E-state index contributed by atoms with van der Waals surface area (Å²) < 4.78 is 30.0. The number of aryl methyl sites for hydroxylation is 1. The van der Waals surface area contributed by atoms with Gasteiger partial charge >= 0.3 is 0 Å². The number of rotatable bonds is 8. The highest BCUT2D eigenvalue weighted by molar-refractivity contribution is 7.89. The van der Waals surface area contributed by atoms with Crippen LogP contribution in [0.1, 0.15) is 29.3 Å². The SMILES string of the molecule is CCCn1c(NC(=O)c2cccc(S(=O)(=O)NCc3ccccc3)c2)nc2ccccc21. The summed E-state index contributed by atoms with van der Waals surface area (Å²) in [4.78, 5) is 17.5. The van der Waals surface area contributed by atoms with Crippen molar-refractivity contribution in [3.05, 3.63) is 90.0 Å². The maximum absolute atomic E-state index is 12.9. The van der Waals surface area contributed by atoms with Crippen molar-refractivity contribution in [2.75, 3.05) is 5.32 Å². The van der Waals surface area contributed by atoms with E-state index in [1.54, 1.807) is 12.1 Å². The van der Waals surface area contributed by atoms with Crippen LogP contribution in [0, 0.1) is 0 Å². The zero-order valence-electron chi connectivity index (χ0n) is 17.7. The Kier molecular flexibility index (Phi) is 6.34. The normalized spacial score (nSPS) is 11.5. The summed E-state index contributed by atoms with van der Waals surface area (Å²) >= 11 is 0. The van der Waals surface area contributed by atoms with Gasteiger partial charge in [0.05, 0.1) is 15.9 Å². The smallest absolute Gasteiger partial charge is 0.258 e. The average molecular weight is 449 g/mol. The minimum atomic E-state index is -3.78. The van der Waals surface area contributed by atoms with E-state index in [1.165, 1.54) is 12.1 Å². The summed E-state index contributed by atoms with van der Waals surface area (Å²) in [7, 11) is -3.78. The van der Waals surface area contributed by atoms with Crippen LogP contribution in [0.3, 0.4) is 0 Å². The molecule has 0 atom stereocenters. The fraction of sp³-hybridized carbons (Fsp3) is 0.167. The van der Waals surface area contributed by atoms with Gasteiger partial charge in [0.25, 0.3) is 5.91 Å². The zero-order chi connectivity index (χ0) is 22.6. The van der Waals surface area contributed by atoms with Crippen LogP contribution in [0.25, 0.3) is 11.0 Å². The number of sulfonamides is 1. The largest absolute Gasteiger partial charge is 0.310 e. The number of aromatic nitrogens is 2. The number of nitrogens with one attached hydrogen (secondary N) is 2. The predicted octanol–water partition coefficient (Wildman–Crippen LogP) is 4.18. The molecule has 164 valence electrons. The lowest BCUT2D eigenvalue weighted by Crippen LogP contribution is -2.24. The number of amides is 1. The molecule has 4 rings (SSSR count). The molecule has 0 aliphatic heterocycles. The number of imidazole rings is 1. The van der Waals surface area contributed by atoms with Crippen molar-refractivity contribution in [1.82, 2.24) is 14.3 Å². The molecule has 0 spiro atoms. The van der Waals surface area contributed by atoms with Gasteiger partial charge in [-0.2, -0.15) is 0 Å². The first kappa shape index (κ1) is 21.7. The van der Waals surface area contributed by atoms with Crippen molar-refractivity contribution < 1.29 is 13.2 Å². The molecule has 8 heteroatoms. The van der Waals surface area contributed by atoms with Gasteiger partial charge < -0.3 is 4.57 Å². The number of carbonyl (C=O) groups is 1. The molecule has 4 aromatic rings. The van der Waals surface area contributed by atoms with Crippen molar-refractivity contribution in [2.45, 2.75) is 31.3 Å². The summed E-state index contributed by atoms with van der Waals surface area (Å²) in [6.45, 7) is 2.92. The minimum Gasteiger partial charge on any atom is -0.310 e. The van der Waals surface area contributed by atoms with Crippen LogP contribution < -0.4 is 10.0 Å². The van der Waals surface area contributed by atoms with E-state index >= 15 is 0 Å². The van der Waals surface area contributed by atoms with Gasteiger partial charge in [0.1, 0.15) is 0 Å². The van der Waals surface area contributed by atoms with Gasteiger partial charge in [-0.05, 0) is 42.3 Å². The summed E-state index contributed by atoms with van der Waals surface area (Å²) in [5.74, 6) is 0.0197. The molecule has 0 saturated carbocycles. The maximum atomic E-state index is 12.9. The molecule has 3 aromatic carbocycles. The lowest BCUT2D eigenvalue weighted by molar-refractivity contribution is 0.102. The number of anilines is 1. The van der Waals surface area contributed by atoms with E-state index in [4.69, 9.17) is 0 Å². The fourth-order valence-electron chi connectivity index (χ4n) is 3.46. The monoisotopic (exact) mass is 448 g/mol. The topological polar surface area (TPSA) is 93.1 Å². The molecule has 7 nitrogen and oxygen atoms in total. The molecule has 0 saturated heterocycles. The molecule has 0 unspecified atom stereocenters. The summed E-state index contributed by atoms with van der Waals surface area (Å²) in [5.41, 5.74) is 2.81. The maximum Gasteiger partial charge on any atom is 0.258 e. The Balaban J connectivity index is 1.55. The number of carbonyl (C=O) groups excluding carboxylic acids is 1. The first-order chi connectivity index (χ1) is 15.5. The van der Waals surface area contributed by atoms with Crippen LogP contribution in [-0.4, -0.2) is 23.9 Å². The molecule has 1 heterocycles. The molecule has 0 bridgehead atoms. The molecule has 0 radical (unpaired) electrons. The lowest BCUT2D eigenvalue weighted by atomic mass is 10.2. The second-order valence-electron chi connectivity index (χ2n) is 7.37. The van der Waals surface area contributed by atoms with Crippen molar-refractivity contribution in [3.63, 3.8) is 0 Å². The third-order valence-corrected chi connectivity index (χ3v) is 6.44. The Labute approximate surface area is 187 Å². The lowest BCUT2D eigenvalue weighted by Gasteiger charge is -2.10. The van der Waals surface area contributed by atoms with Gasteiger partial charge in [-0.3, -0.25) is 10.1 Å². The Morgan fingerprint density at radius 2 is 1.72 bits per heavy atom. The number of fused-ring (bicyclic) bond motifs is 1. The Morgan fingerprint density at radius 1 is 0.969 bits per heavy atom. The van der Waals surface area contributed by atoms with E-state index in [0.29, 0.717) is 12.5 Å². The first-order valence-corrected chi connectivity index (χ1v) is 11.9. The van der Waals surface area contributed by atoms with E-state index in [1.807, 2.05) is 59.2 Å². The summed E-state index contributed by atoms with van der Waals surface area (Å²) in [6, 6.07) is 22.9. The number of benzene rings is 3. The van der Waals surface area contributed by atoms with E-state index in [9.17, 15) is 13.2 Å². The van der Waals surface area contributed by atoms with Crippen LogP contribution in [0.2, 0.25) is 0 Å². The van der Waals surface area contributed by atoms with Crippen molar-refractivity contribution in [3.8, 4) is 0 Å². The number of hydrogen-bond acceptors (Lipinski definition) is 4. The molecular weight excluding hydrogens is 424 g/mol. The molecule has 2 N–H and O–H groups in total. The van der Waals surface area contributed by atoms with E-state index < -0.39 is 15.9 Å². The zero-order valence-corrected chi connectivity index (χ0v) is 18.5. The molecule has 0 fully saturated rings. The molecule has 1 aromatic heterocycles. The predicted molar refractivity (Wildman–Crippen MR) is 125 cm³/mol. The minimum absolute atomic E-state index is 0.0307. The van der Waals surface area contributed by atoms with Crippen LogP contribution in [0.4, 0.5) is 5.95 Å². The van der Waals surface area contributed by atoms with Crippen LogP contribution >= 0.6 is 0 Å². The summed E-state index contributed by atoms with van der Waals surface area (Å²) in [5, 5.41) is 2.84. The highest BCUT2D eigenvalue weighted by Crippen LogP contribution is 2.21. The van der Waals surface area contributed by atoms with Crippen molar-refractivity contribution in [2.24, 2.45) is 0 Å². The van der Waals surface area contributed by atoms with E-state index in [0.717, 1.165) is 23.0 Å². The van der Waals surface area contributed by atoms with Crippen LogP contribution in [0.5, 0.6) is 0 Å². The van der Waals surface area contributed by atoms with Crippen LogP contribution in [0.15, 0.2) is 83.8 Å². The Bertz CT molecular complexity index is 1350. The fourth-order valence-corrected chi connectivity index (χ4v) is 4.52. The highest BCUT2D eigenvalue weighted by atomic mass is 32.2.